The zero-order chi connectivity index (χ0) is 22.7. The van der Waals surface area contributed by atoms with Gasteiger partial charge < -0.3 is 19.9 Å². The summed E-state index contributed by atoms with van der Waals surface area (Å²) in [6.45, 7) is 1.37. The summed E-state index contributed by atoms with van der Waals surface area (Å²) in [5.41, 5.74) is 0.745. The number of carbonyl (C=O) groups is 4. The fourth-order valence-corrected chi connectivity index (χ4v) is 3.34. The highest BCUT2D eigenvalue weighted by atomic mass is 16.5. The standard InChI is InChI=1S/C22H22N2O7/c1-12(24-20(27)15-6-4-5-7-16(15)21(24)28)19(26)23-17(22(29)31-3)18(25)13-8-10-14(30-2)11-9-13/h4-12,17-18,25H,1-3H3,(H,23,26). The van der Waals surface area contributed by atoms with Crippen molar-refractivity contribution in [1.29, 1.82) is 0 Å². The van der Waals surface area contributed by atoms with Gasteiger partial charge in [-0.3, -0.25) is 19.3 Å². The fourth-order valence-electron chi connectivity index (χ4n) is 3.34. The molecular weight excluding hydrogens is 404 g/mol. The summed E-state index contributed by atoms with van der Waals surface area (Å²) in [4.78, 5) is 51.2. The van der Waals surface area contributed by atoms with Crippen LogP contribution >= 0.6 is 0 Å². The van der Waals surface area contributed by atoms with Crippen LogP contribution in [-0.4, -0.2) is 60.0 Å². The normalized spacial score (nSPS) is 15.7. The minimum absolute atomic E-state index is 0.204. The summed E-state index contributed by atoms with van der Waals surface area (Å²) in [7, 11) is 2.61. The molecule has 31 heavy (non-hydrogen) atoms. The number of methoxy groups -OCH3 is 2. The summed E-state index contributed by atoms with van der Waals surface area (Å²) in [6, 6.07) is 9.85. The van der Waals surface area contributed by atoms with Crippen LogP contribution in [0.3, 0.4) is 0 Å². The number of ether oxygens (including phenoxy) is 2. The van der Waals surface area contributed by atoms with Crippen molar-refractivity contribution in [3.05, 3.63) is 65.2 Å². The molecule has 3 unspecified atom stereocenters. The summed E-state index contributed by atoms with van der Waals surface area (Å²) in [5.74, 6) is -2.33. The maximum Gasteiger partial charge on any atom is 0.331 e. The van der Waals surface area contributed by atoms with Crippen molar-refractivity contribution < 1.29 is 33.8 Å². The van der Waals surface area contributed by atoms with E-state index in [2.05, 4.69) is 5.32 Å². The van der Waals surface area contributed by atoms with E-state index in [4.69, 9.17) is 9.47 Å². The topological polar surface area (TPSA) is 122 Å². The van der Waals surface area contributed by atoms with Gasteiger partial charge >= 0.3 is 5.97 Å². The van der Waals surface area contributed by atoms with Crippen LogP contribution in [0.4, 0.5) is 0 Å². The Hall–Kier alpha value is -3.72. The summed E-state index contributed by atoms with van der Waals surface area (Å²) in [5, 5.41) is 13.1. The Morgan fingerprint density at radius 3 is 2.00 bits per heavy atom. The van der Waals surface area contributed by atoms with Gasteiger partial charge in [0.25, 0.3) is 11.8 Å². The van der Waals surface area contributed by atoms with Crippen molar-refractivity contribution in [3.63, 3.8) is 0 Å². The molecule has 162 valence electrons. The van der Waals surface area contributed by atoms with Gasteiger partial charge in [-0.05, 0) is 36.8 Å². The minimum Gasteiger partial charge on any atom is -0.497 e. The molecule has 2 aromatic carbocycles. The van der Waals surface area contributed by atoms with E-state index in [0.717, 1.165) is 12.0 Å². The van der Waals surface area contributed by atoms with Gasteiger partial charge in [0.2, 0.25) is 5.91 Å². The van der Waals surface area contributed by atoms with Crippen LogP contribution in [0, 0.1) is 0 Å². The van der Waals surface area contributed by atoms with Gasteiger partial charge in [0, 0.05) is 0 Å². The number of aliphatic hydroxyl groups is 1. The monoisotopic (exact) mass is 426 g/mol. The maximum atomic E-state index is 12.8. The molecule has 9 nitrogen and oxygen atoms in total. The number of nitrogens with one attached hydrogen (secondary N) is 1. The van der Waals surface area contributed by atoms with E-state index >= 15 is 0 Å². The molecule has 9 heteroatoms. The van der Waals surface area contributed by atoms with Gasteiger partial charge in [0.1, 0.15) is 17.9 Å². The molecule has 0 saturated carbocycles. The van der Waals surface area contributed by atoms with Gasteiger partial charge in [-0.2, -0.15) is 0 Å². The zero-order valence-corrected chi connectivity index (χ0v) is 17.2. The second-order valence-corrected chi connectivity index (χ2v) is 6.93. The quantitative estimate of drug-likeness (QED) is 0.502. The van der Waals surface area contributed by atoms with E-state index < -0.39 is 41.9 Å². The molecule has 3 rings (SSSR count). The molecule has 0 saturated heterocycles. The van der Waals surface area contributed by atoms with Gasteiger partial charge in [-0.15, -0.1) is 0 Å². The lowest BCUT2D eigenvalue weighted by Gasteiger charge is -2.26. The smallest absolute Gasteiger partial charge is 0.331 e. The number of carbonyl (C=O) groups excluding carboxylic acids is 4. The number of benzene rings is 2. The van der Waals surface area contributed by atoms with Gasteiger partial charge in [0.05, 0.1) is 25.3 Å². The van der Waals surface area contributed by atoms with E-state index in [1.807, 2.05) is 0 Å². The average Bonchev–Trinajstić information content (AvgIpc) is 3.06. The van der Waals surface area contributed by atoms with E-state index in [1.54, 1.807) is 36.4 Å². The largest absolute Gasteiger partial charge is 0.497 e. The third-order valence-electron chi connectivity index (χ3n) is 5.12. The predicted molar refractivity (Wildman–Crippen MR) is 108 cm³/mol. The highest BCUT2D eigenvalue weighted by Crippen LogP contribution is 2.25. The van der Waals surface area contributed by atoms with E-state index in [0.29, 0.717) is 11.3 Å². The molecule has 2 N–H and O–H groups in total. The summed E-state index contributed by atoms with van der Waals surface area (Å²) < 4.78 is 9.78. The molecule has 0 bridgehead atoms. The summed E-state index contributed by atoms with van der Waals surface area (Å²) >= 11 is 0. The first-order chi connectivity index (χ1) is 14.8. The lowest BCUT2D eigenvalue weighted by atomic mass is 10.0. The molecule has 2 aromatic rings. The number of aliphatic hydroxyl groups excluding tert-OH is 1. The maximum absolute atomic E-state index is 12.8. The molecule has 3 amide bonds. The van der Waals surface area contributed by atoms with Crippen LogP contribution in [-0.2, 0) is 14.3 Å². The second kappa shape index (κ2) is 8.97. The van der Waals surface area contributed by atoms with Crippen molar-refractivity contribution in [2.75, 3.05) is 14.2 Å². The Morgan fingerprint density at radius 2 is 1.52 bits per heavy atom. The number of nitrogens with zero attached hydrogens (tertiary/aromatic N) is 1. The first-order valence-corrected chi connectivity index (χ1v) is 9.47. The molecule has 1 aliphatic heterocycles. The first-order valence-electron chi connectivity index (χ1n) is 9.47. The van der Waals surface area contributed by atoms with E-state index in [9.17, 15) is 24.3 Å². The van der Waals surface area contributed by atoms with Crippen LogP contribution in [0.1, 0.15) is 39.3 Å². The van der Waals surface area contributed by atoms with Gasteiger partial charge in [-0.25, -0.2) is 4.79 Å². The third kappa shape index (κ3) is 4.13. The number of fused-ring (bicyclic) bond motifs is 1. The lowest BCUT2D eigenvalue weighted by Crippen LogP contribution is -2.53. The highest BCUT2D eigenvalue weighted by Gasteiger charge is 2.42. The lowest BCUT2D eigenvalue weighted by molar-refractivity contribution is -0.149. The number of hydrogen-bond acceptors (Lipinski definition) is 7. The fraction of sp³-hybridized carbons (Fsp3) is 0.273. The van der Waals surface area contributed by atoms with Crippen molar-refractivity contribution in [2.24, 2.45) is 0 Å². The number of rotatable bonds is 7. The van der Waals surface area contributed by atoms with E-state index in [1.165, 1.54) is 26.2 Å². The Bertz CT molecular complexity index is 984. The predicted octanol–water partition coefficient (Wildman–Crippen LogP) is 1.07. The molecule has 0 spiro atoms. The molecule has 0 fully saturated rings. The first kappa shape index (κ1) is 22.0. The number of amides is 3. The second-order valence-electron chi connectivity index (χ2n) is 6.93. The molecular formula is C22H22N2O7. The molecule has 0 aliphatic carbocycles. The molecule has 0 radical (unpaired) electrons. The number of esters is 1. The molecule has 3 atom stereocenters. The Morgan fingerprint density at radius 1 is 0.968 bits per heavy atom. The minimum atomic E-state index is -1.46. The van der Waals surface area contributed by atoms with Crippen molar-refractivity contribution >= 4 is 23.7 Å². The Balaban J connectivity index is 1.80. The number of imide groups is 1. The molecule has 1 heterocycles. The van der Waals surface area contributed by atoms with Crippen LogP contribution in [0.15, 0.2) is 48.5 Å². The SMILES string of the molecule is COC(=O)C(NC(=O)C(C)N1C(=O)c2ccccc2C1=O)C(O)c1ccc(OC)cc1. The Kier molecular flexibility index (Phi) is 6.36. The van der Waals surface area contributed by atoms with Crippen molar-refractivity contribution in [1.82, 2.24) is 10.2 Å². The third-order valence-corrected chi connectivity index (χ3v) is 5.12. The summed E-state index contributed by atoms with van der Waals surface area (Å²) in [6.07, 6.45) is -1.43. The van der Waals surface area contributed by atoms with Crippen LogP contribution in [0.2, 0.25) is 0 Å². The highest BCUT2D eigenvalue weighted by molar-refractivity contribution is 6.22. The van der Waals surface area contributed by atoms with Crippen LogP contribution < -0.4 is 10.1 Å². The van der Waals surface area contributed by atoms with Crippen molar-refractivity contribution in [2.45, 2.75) is 25.1 Å². The van der Waals surface area contributed by atoms with Crippen molar-refractivity contribution in [3.8, 4) is 5.75 Å². The average molecular weight is 426 g/mol. The van der Waals surface area contributed by atoms with Crippen LogP contribution in [0.25, 0.3) is 0 Å². The Labute approximate surface area is 178 Å². The van der Waals surface area contributed by atoms with Gasteiger partial charge in [-0.1, -0.05) is 24.3 Å². The number of hydrogen-bond donors (Lipinski definition) is 2. The zero-order valence-electron chi connectivity index (χ0n) is 17.2. The molecule has 0 aromatic heterocycles. The molecule has 1 aliphatic rings. The van der Waals surface area contributed by atoms with Gasteiger partial charge in [0.15, 0.2) is 6.04 Å². The van der Waals surface area contributed by atoms with Crippen LogP contribution in [0.5, 0.6) is 5.75 Å². The van der Waals surface area contributed by atoms with E-state index in [-0.39, 0.29) is 11.1 Å².